The zero-order valence-corrected chi connectivity index (χ0v) is 11.7. The topological polar surface area (TPSA) is 3.24 Å². The van der Waals surface area contributed by atoms with Gasteiger partial charge >= 0.3 is 0 Å². The van der Waals surface area contributed by atoms with Gasteiger partial charge in [0.2, 0.25) is 0 Å². The Kier molecular flexibility index (Phi) is 4.11. The van der Waals surface area contributed by atoms with Crippen LogP contribution >= 0.6 is 11.6 Å². The van der Waals surface area contributed by atoms with Gasteiger partial charge in [-0.1, -0.05) is 37.6 Å². The van der Waals surface area contributed by atoms with E-state index in [1.807, 2.05) is 12.1 Å². The smallest absolute Gasteiger partial charge is 0.0406 e. The summed E-state index contributed by atoms with van der Waals surface area (Å²) >= 11 is 5.92. The quantitative estimate of drug-likeness (QED) is 0.792. The SMILES string of the molecule is CC(C)[C@H]1CN(C)C[C@@H]1Cc1ccc(Cl)cc1. The van der Waals surface area contributed by atoms with E-state index in [0.29, 0.717) is 0 Å². The zero-order valence-electron chi connectivity index (χ0n) is 11.0. The van der Waals surface area contributed by atoms with E-state index in [-0.39, 0.29) is 0 Å². The van der Waals surface area contributed by atoms with Crippen molar-refractivity contribution in [3.05, 3.63) is 34.9 Å². The third-order valence-corrected chi connectivity index (χ3v) is 4.19. The minimum absolute atomic E-state index is 0.775. The summed E-state index contributed by atoms with van der Waals surface area (Å²) < 4.78 is 0. The standard InChI is InChI=1S/C15H22ClN/c1-11(2)15-10-17(3)9-13(15)8-12-4-6-14(16)7-5-12/h4-7,11,13,15H,8-10H2,1-3H3/t13-,15+/m0/s1. The van der Waals surface area contributed by atoms with Crippen molar-refractivity contribution in [3.8, 4) is 0 Å². The predicted octanol–water partition coefficient (Wildman–Crippen LogP) is 3.72. The summed E-state index contributed by atoms with van der Waals surface area (Å²) in [6.07, 6.45) is 1.18. The third-order valence-electron chi connectivity index (χ3n) is 3.94. The van der Waals surface area contributed by atoms with E-state index in [0.717, 1.165) is 22.8 Å². The maximum atomic E-state index is 5.92. The van der Waals surface area contributed by atoms with Gasteiger partial charge in [0.25, 0.3) is 0 Å². The van der Waals surface area contributed by atoms with E-state index in [4.69, 9.17) is 11.6 Å². The van der Waals surface area contributed by atoms with Crippen LogP contribution in [0.3, 0.4) is 0 Å². The van der Waals surface area contributed by atoms with Crippen molar-refractivity contribution in [2.75, 3.05) is 20.1 Å². The second-order valence-corrected chi connectivity index (χ2v) is 6.16. The third kappa shape index (κ3) is 3.23. The molecule has 1 aromatic carbocycles. The number of hydrogen-bond donors (Lipinski definition) is 0. The van der Waals surface area contributed by atoms with Crippen molar-refractivity contribution in [2.45, 2.75) is 20.3 Å². The van der Waals surface area contributed by atoms with Crippen LogP contribution in [0.5, 0.6) is 0 Å². The lowest BCUT2D eigenvalue weighted by atomic mass is 9.82. The van der Waals surface area contributed by atoms with E-state index < -0.39 is 0 Å². The highest BCUT2D eigenvalue weighted by Gasteiger charge is 2.32. The van der Waals surface area contributed by atoms with Crippen LogP contribution in [0.4, 0.5) is 0 Å². The molecule has 0 aliphatic carbocycles. The largest absolute Gasteiger partial charge is 0.306 e. The molecule has 1 heterocycles. The Bertz CT molecular complexity index is 358. The number of nitrogens with zero attached hydrogens (tertiary/aromatic N) is 1. The molecule has 0 N–H and O–H groups in total. The molecule has 0 spiro atoms. The van der Waals surface area contributed by atoms with Crippen molar-refractivity contribution in [3.63, 3.8) is 0 Å². The highest BCUT2D eigenvalue weighted by molar-refractivity contribution is 6.30. The molecule has 0 aromatic heterocycles. The van der Waals surface area contributed by atoms with Crippen LogP contribution in [0.25, 0.3) is 0 Å². The molecule has 0 bridgehead atoms. The molecule has 17 heavy (non-hydrogen) atoms. The molecule has 0 amide bonds. The molecule has 1 aromatic rings. The van der Waals surface area contributed by atoms with Crippen molar-refractivity contribution in [2.24, 2.45) is 17.8 Å². The molecular weight excluding hydrogens is 230 g/mol. The highest BCUT2D eigenvalue weighted by atomic mass is 35.5. The van der Waals surface area contributed by atoms with Gasteiger partial charge in [-0.05, 0) is 48.9 Å². The first kappa shape index (κ1) is 12.9. The number of likely N-dealkylation sites (tertiary alicyclic amines) is 1. The molecule has 1 nitrogen and oxygen atoms in total. The molecule has 94 valence electrons. The fraction of sp³-hybridized carbons (Fsp3) is 0.600. The highest BCUT2D eigenvalue weighted by Crippen LogP contribution is 2.31. The molecule has 1 aliphatic heterocycles. The summed E-state index contributed by atoms with van der Waals surface area (Å²) in [5.41, 5.74) is 1.42. The Morgan fingerprint density at radius 1 is 1.24 bits per heavy atom. The lowest BCUT2D eigenvalue weighted by Gasteiger charge is -2.22. The summed E-state index contributed by atoms with van der Waals surface area (Å²) in [4.78, 5) is 2.46. The molecule has 2 atom stereocenters. The Labute approximate surface area is 110 Å². The van der Waals surface area contributed by atoms with Crippen LogP contribution in [0.1, 0.15) is 19.4 Å². The maximum absolute atomic E-state index is 5.92. The Morgan fingerprint density at radius 3 is 2.47 bits per heavy atom. The fourth-order valence-corrected chi connectivity index (χ4v) is 3.14. The van der Waals surface area contributed by atoms with Crippen LogP contribution in [-0.4, -0.2) is 25.0 Å². The van der Waals surface area contributed by atoms with Crippen LogP contribution < -0.4 is 0 Å². The average molecular weight is 252 g/mol. The summed E-state index contributed by atoms with van der Waals surface area (Å²) in [5, 5.41) is 0.831. The van der Waals surface area contributed by atoms with Crippen molar-refractivity contribution in [1.82, 2.24) is 4.90 Å². The van der Waals surface area contributed by atoms with Crippen LogP contribution in [0.15, 0.2) is 24.3 Å². The van der Waals surface area contributed by atoms with E-state index in [1.165, 1.54) is 25.1 Å². The van der Waals surface area contributed by atoms with E-state index in [2.05, 4.69) is 37.9 Å². The summed E-state index contributed by atoms with van der Waals surface area (Å²) in [6.45, 7) is 7.17. The molecule has 1 aliphatic rings. The maximum Gasteiger partial charge on any atom is 0.0406 e. The minimum Gasteiger partial charge on any atom is -0.306 e. The first-order chi connectivity index (χ1) is 8.06. The van der Waals surface area contributed by atoms with Gasteiger partial charge in [-0.25, -0.2) is 0 Å². The molecule has 1 fully saturated rings. The van der Waals surface area contributed by atoms with Gasteiger partial charge in [-0.15, -0.1) is 0 Å². The van der Waals surface area contributed by atoms with Crippen LogP contribution in [-0.2, 0) is 6.42 Å². The number of benzene rings is 1. The number of halogens is 1. The first-order valence-electron chi connectivity index (χ1n) is 6.49. The van der Waals surface area contributed by atoms with Crippen LogP contribution in [0.2, 0.25) is 5.02 Å². The van der Waals surface area contributed by atoms with Gasteiger partial charge < -0.3 is 4.90 Å². The number of hydrogen-bond acceptors (Lipinski definition) is 1. The summed E-state index contributed by atoms with van der Waals surface area (Å²) in [5.74, 6) is 2.40. The van der Waals surface area contributed by atoms with Gasteiger partial charge in [-0.3, -0.25) is 0 Å². The van der Waals surface area contributed by atoms with E-state index in [1.54, 1.807) is 0 Å². The Hall–Kier alpha value is -0.530. The van der Waals surface area contributed by atoms with Crippen molar-refractivity contribution >= 4 is 11.6 Å². The lowest BCUT2D eigenvalue weighted by molar-refractivity contribution is 0.313. The monoisotopic (exact) mass is 251 g/mol. The summed E-state index contributed by atoms with van der Waals surface area (Å²) in [7, 11) is 2.23. The van der Waals surface area contributed by atoms with Gasteiger partial charge in [0, 0.05) is 18.1 Å². The van der Waals surface area contributed by atoms with Crippen molar-refractivity contribution < 1.29 is 0 Å². The fourth-order valence-electron chi connectivity index (χ4n) is 3.01. The second kappa shape index (κ2) is 5.41. The second-order valence-electron chi connectivity index (χ2n) is 5.72. The molecule has 0 unspecified atom stereocenters. The molecular formula is C15H22ClN. The van der Waals surface area contributed by atoms with Gasteiger partial charge in [0.15, 0.2) is 0 Å². The van der Waals surface area contributed by atoms with Crippen molar-refractivity contribution in [1.29, 1.82) is 0 Å². The van der Waals surface area contributed by atoms with E-state index >= 15 is 0 Å². The molecule has 2 rings (SSSR count). The molecule has 2 heteroatoms. The van der Waals surface area contributed by atoms with Gasteiger partial charge in [0.1, 0.15) is 0 Å². The van der Waals surface area contributed by atoms with Gasteiger partial charge in [-0.2, -0.15) is 0 Å². The first-order valence-corrected chi connectivity index (χ1v) is 6.87. The molecule has 1 saturated heterocycles. The normalized spacial score (nSPS) is 25.7. The molecule has 0 saturated carbocycles. The zero-order chi connectivity index (χ0) is 12.4. The average Bonchev–Trinajstić information content (AvgIpc) is 2.63. The Morgan fingerprint density at radius 2 is 1.88 bits per heavy atom. The van der Waals surface area contributed by atoms with E-state index in [9.17, 15) is 0 Å². The van der Waals surface area contributed by atoms with Gasteiger partial charge in [0.05, 0.1) is 0 Å². The summed E-state index contributed by atoms with van der Waals surface area (Å²) in [6, 6.07) is 8.33. The predicted molar refractivity (Wildman–Crippen MR) is 74.5 cm³/mol. The minimum atomic E-state index is 0.775. The lowest BCUT2D eigenvalue weighted by Crippen LogP contribution is -2.20. The molecule has 0 radical (unpaired) electrons. The number of rotatable bonds is 3. The van der Waals surface area contributed by atoms with Crippen LogP contribution in [0, 0.1) is 17.8 Å². The Balaban J connectivity index is 2.04.